The zero-order valence-corrected chi connectivity index (χ0v) is 18.5. The van der Waals surface area contributed by atoms with Crippen LogP contribution in [0.25, 0.3) is 21.2 Å². The lowest BCUT2D eigenvalue weighted by Crippen LogP contribution is -2.29. The molecule has 1 atom stereocenters. The van der Waals surface area contributed by atoms with E-state index < -0.39 is 16.9 Å². The molecular formula is C25H15N3O5S. The van der Waals surface area contributed by atoms with Crippen molar-refractivity contribution in [1.29, 1.82) is 0 Å². The number of non-ortho nitro benzene ring substituents is 1. The smallest absolute Gasteiger partial charge is 0.297 e. The molecule has 166 valence electrons. The van der Waals surface area contributed by atoms with Gasteiger partial charge in [-0.1, -0.05) is 41.7 Å². The van der Waals surface area contributed by atoms with Gasteiger partial charge in [0.05, 0.1) is 32.1 Å². The van der Waals surface area contributed by atoms with Crippen LogP contribution in [0.15, 0.2) is 75.9 Å². The first kappa shape index (κ1) is 20.3. The van der Waals surface area contributed by atoms with Crippen molar-refractivity contribution >= 4 is 49.2 Å². The molecule has 0 saturated heterocycles. The SMILES string of the molecule is Cc1ccc2nc(N3C(=O)c4oc5ccccc5c(=O)c4[C@H]3c3cccc([N+](=O)[O-])c3)sc2c1. The minimum atomic E-state index is -0.912. The maximum Gasteiger partial charge on any atom is 0.297 e. The van der Waals surface area contributed by atoms with Gasteiger partial charge in [-0.25, -0.2) is 4.98 Å². The van der Waals surface area contributed by atoms with Crippen molar-refractivity contribution in [2.75, 3.05) is 4.90 Å². The third kappa shape index (κ3) is 2.94. The summed E-state index contributed by atoms with van der Waals surface area (Å²) in [5.41, 5.74) is 2.18. The zero-order chi connectivity index (χ0) is 23.6. The summed E-state index contributed by atoms with van der Waals surface area (Å²) in [5, 5.41) is 12.2. The standard InChI is InChI=1S/C25H15N3O5S/c1-13-9-10-17-19(11-13)34-25(26-17)27-21(14-5-4-6-15(12-14)28(31)32)20-22(29)16-7-2-3-8-18(16)33-23(20)24(27)30/h2-12,21H,1H3/t21-/m1/s1. The van der Waals surface area contributed by atoms with E-state index >= 15 is 0 Å². The quantitative estimate of drug-likeness (QED) is 0.260. The fourth-order valence-corrected chi connectivity index (χ4v) is 5.45. The topological polar surface area (TPSA) is 107 Å². The monoisotopic (exact) mass is 469 g/mol. The number of rotatable bonds is 3. The molecule has 0 fully saturated rings. The zero-order valence-electron chi connectivity index (χ0n) is 17.7. The third-order valence-electron chi connectivity index (χ3n) is 5.91. The third-order valence-corrected chi connectivity index (χ3v) is 6.93. The highest BCUT2D eigenvalue weighted by Gasteiger charge is 2.45. The van der Waals surface area contributed by atoms with E-state index in [1.54, 1.807) is 36.4 Å². The molecule has 3 aromatic carbocycles. The highest BCUT2D eigenvalue weighted by molar-refractivity contribution is 7.22. The molecule has 6 rings (SSSR count). The first-order valence-corrected chi connectivity index (χ1v) is 11.2. The van der Waals surface area contributed by atoms with Gasteiger partial charge >= 0.3 is 0 Å². The number of para-hydroxylation sites is 1. The molecule has 0 aliphatic carbocycles. The number of carbonyl (C=O) groups is 1. The van der Waals surface area contributed by atoms with Crippen LogP contribution in [0.4, 0.5) is 10.8 Å². The maximum absolute atomic E-state index is 13.7. The summed E-state index contributed by atoms with van der Waals surface area (Å²) in [6.45, 7) is 1.97. The Morgan fingerprint density at radius 2 is 1.88 bits per heavy atom. The molecule has 3 heterocycles. The number of benzene rings is 3. The minimum absolute atomic E-state index is 0.0735. The number of thiazole rings is 1. The lowest BCUT2D eigenvalue weighted by atomic mass is 9.98. The number of anilines is 1. The summed E-state index contributed by atoms with van der Waals surface area (Å²) >= 11 is 1.32. The molecule has 2 aromatic heterocycles. The van der Waals surface area contributed by atoms with Crippen LogP contribution < -0.4 is 10.3 Å². The number of nitro benzene ring substituents is 1. The van der Waals surface area contributed by atoms with E-state index in [0.717, 1.165) is 15.8 Å². The van der Waals surface area contributed by atoms with Gasteiger partial charge in [-0.15, -0.1) is 0 Å². The van der Waals surface area contributed by atoms with Gasteiger partial charge in [-0.3, -0.25) is 24.6 Å². The van der Waals surface area contributed by atoms with Gasteiger partial charge in [0.25, 0.3) is 11.6 Å². The maximum atomic E-state index is 13.7. The first-order valence-electron chi connectivity index (χ1n) is 10.4. The van der Waals surface area contributed by atoms with Crippen LogP contribution in [0.1, 0.15) is 33.3 Å². The van der Waals surface area contributed by atoms with E-state index in [1.807, 2.05) is 25.1 Å². The number of nitro groups is 1. The lowest BCUT2D eigenvalue weighted by molar-refractivity contribution is -0.384. The highest BCUT2D eigenvalue weighted by atomic mass is 32.1. The Balaban J connectivity index is 1.64. The number of fused-ring (bicyclic) bond motifs is 3. The van der Waals surface area contributed by atoms with E-state index in [-0.39, 0.29) is 22.4 Å². The molecule has 1 amide bonds. The molecule has 0 radical (unpaired) electrons. The predicted molar refractivity (Wildman–Crippen MR) is 129 cm³/mol. The second kappa shape index (κ2) is 7.32. The molecular weight excluding hydrogens is 454 g/mol. The van der Waals surface area contributed by atoms with Crippen LogP contribution in [0, 0.1) is 17.0 Å². The van der Waals surface area contributed by atoms with Crippen molar-refractivity contribution in [1.82, 2.24) is 4.98 Å². The molecule has 0 unspecified atom stereocenters. The van der Waals surface area contributed by atoms with Gasteiger partial charge < -0.3 is 4.42 Å². The van der Waals surface area contributed by atoms with Crippen molar-refractivity contribution in [3.05, 3.63) is 110 Å². The largest absolute Gasteiger partial charge is 0.450 e. The Morgan fingerprint density at radius 3 is 2.71 bits per heavy atom. The van der Waals surface area contributed by atoms with Crippen molar-refractivity contribution in [2.24, 2.45) is 0 Å². The average Bonchev–Trinajstić information content (AvgIpc) is 3.37. The number of hydrogen-bond acceptors (Lipinski definition) is 7. The second-order valence-electron chi connectivity index (χ2n) is 8.07. The second-order valence-corrected chi connectivity index (χ2v) is 9.08. The summed E-state index contributed by atoms with van der Waals surface area (Å²) in [6, 6.07) is 17.5. The van der Waals surface area contributed by atoms with E-state index in [4.69, 9.17) is 4.42 Å². The van der Waals surface area contributed by atoms with E-state index in [2.05, 4.69) is 4.98 Å². The fraction of sp³-hybridized carbons (Fsp3) is 0.0800. The predicted octanol–water partition coefficient (Wildman–Crippen LogP) is 5.37. The molecule has 0 saturated carbocycles. The van der Waals surface area contributed by atoms with E-state index in [0.29, 0.717) is 21.7 Å². The van der Waals surface area contributed by atoms with Crippen LogP contribution in [0.3, 0.4) is 0 Å². The van der Waals surface area contributed by atoms with Crippen LogP contribution in [0.5, 0.6) is 0 Å². The van der Waals surface area contributed by atoms with Gasteiger partial charge in [-0.2, -0.15) is 0 Å². The van der Waals surface area contributed by atoms with Gasteiger partial charge in [-0.05, 0) is 42.3 Å². The number of aromatic nitrogens is 1. The van der Waals surface area contributed by atoms with Crippen molar-refractivity contribution < 1.29 is 14.1 Å². The summed E-state index contributed by atoms with van der Waals surface area (Å²) in [4.78, 5) is 44.2. The summed E-state index contributed by atoms with van der Waals surface area (Å²) in [7, 11) is 0. The lowest BCUT2D eigenvalue weighted by Gasteiger charge is -2.22. The summed E-state index contributed by atoms with van der Waals surface area (Å²) in [5.74, 6) is -0.583. The molecule has 1 aliphatic rings. The van der Waals surface area contributed by atoms with Crippen molar-refractivity contribution in [3.63, 3.8) is 0 Å². The molecule has 1 aliphatic heterocycles. The number of carbonyl (C=O) groups excluding carboxylic acids is 1. The van der Waals surface area contributed by atoms with Crippen molar-refractivity contribution in [3.8, 4) is 0 Å². The molecule has 0 bridgehead atoms. The average molecular weight is 469 g/mol. The van der Waals surface area contributed by atoms with Gasteiger partial charge in [0.15, 0.2) is 10.6 Å². The number of hydrogen-bond donors (Lipinski definition) is 0. The Bertz CT molecular complexity index is 1720. The van der Waals surface area contributed by atoms with E-state index in [1.165, 1.54) is 28.4 Å². The Morgan fingerprint density at radius 1 is 1.06 bits per heavy atom. The normalized spacial score (nSPS) is 15.3. The molecule has 0 spiro atoms. The Kier molecular flexibility index (Phi) is 4.36. The van der Waals surface area contributed by atoms with Crippen molar-refractivity contribution in [2.45, 2.75) is 13.0 Å². The molecule has 34 heavy (non-hydrogen) atoms. The summed E-state index contributed by atoms with van der Waals surface area (Å²) < 4.78 is 6.81. The van der Waals surface area contributed by atoms with Crippen LogP contribution in [-0.2, 0) is 0 Å². The van der Waals surface area contributed by atoms with Gasteiger partial charge in [0.1, 0.15) is 5.58 Å². The highest BCUT2D eigenvalue weighted by Crippen LogP contribution is 2.44. The number of nitrogens with zero attached hydrogens (tertiary/aromatic N) is 3. The van der Waals surface area contributed by atoms with Gasteiger partial charge in [0, 0.05) is 12.1 Å². The molecule has 9 heteroatoms. The molecule has 8 nitrogen and oxygen atoms in total. The summed E-state index contributed by atoms with van der Waals surface area (Å²) in [6.07, 6.45) is 0. The molecule has 5 aromatic rings. The van der Waals surface area contributed by atoms with E-state index in [9.17, 15) is 19.7 Å². The minimum Gasteiger partial charge on any atom is -0.450 e. The molecule has 0 N–H and O–H groups in total. The Labute approximate surface area is 195 Å². The number of amides is 1. The first-order chi connectivity index (χ1) is 16.4. The van der Waals surface area contributed by atoms with Crippen LogP contribution in [0.2, 0.25) is 0 Å². The number of aryl methyl sites for hydroxylation is 1. The fourth-order valence-electron chi connectivity index (χ4n) is 4.36. The van der Waals surface area contributed by atoms with Crippen LogP contribution >= 0.6 is 11.3 Å². The van der Waals surface area contributed by atoms with Crippen LogP contribution in [-0.4, -0.2) is 15.8 Å². The Hall–Kier alpha value is -4.37. The van der Waals surface area contributed by atoms with Gasteiger partial charge in [0.2, 0.25) is 5.76 Å².